The normalized spacial score (nSPS) is 20.2. The number of aromatic hydroxyl groups is 1. The van der Waals surface area contributed by atoms with Crippen molar-refractivity contribution >= 4 is 22.2 Å². The van der Waals surface area contributed by atoms with Gasteiger partial charge in [-0.25, -0.2) is 0 Å². The molecule has 2 aliphatic rings. The van der Waals surface area contributed by atoms with E-state index in [2.05, 4.69) is 10.6 Å². The van der Waals surface area contributed by atoms with Crippen molar-refractivity contribution < 1.29 is 9.90 Å². The number of fused-ring (bicyclic) bond motifs is 3. The number of carbonyl (C=O) groups is 1. The molecule has 1 aliphatic heterocycles. The minimum absolute atomic E-state index is 0.0150. The van der Waals surface area contributed by atoms with Gasteiger partial charge >= 0.3 is 0 Å². The lowest BCUT2D eigenvalue weighted by molar-refractivity contribution is 0.0935. The molecule has 5 heteroatoms. The van der Waals surface area contributed by atoms with E-state index in [0.717, 1.165) is 29.0 Å². The summed E-state index contributed by atoms with van der Waals surface area (Å²) in [7, 11) is 0. The number of amides is 1. The number of phenols is 1. The summed E-state index contributed by atoms with van der Waals surface area (Å²) in [5, 5.41) is 16.8. The maximum Gasteiger partial charge on any atom is 0.256 e. The van der Waals surface area contributed by atoms with Crippen molar-refractivity contribution in [3.05, 3.63) is 45.8 Å². The summed E-state index contributed by atoms with van der Waals surface area (Å²) in [6, 6.07) is 6.92. The number of carbonyl (C=O) groups excluding carboxylic acids is 1. The number of rotatable bonds is 1. The first-order valence-electron chi connectivity index (χ1n) is 7.23. The van der Waals surface area contributed by atoms with Gasteiger partial charge in [-0.2, -0.15) is 0 Å². The average Bonchev–Trinajstić information content (AvgIpc) is 2.86. The fourth-order valence-corrected chi connectivity index (χ4v) is 4.43. The number of nitrogens with one attached hydrogen (secondary N) is 2. The Balaban J connectivity index is 1.70. The van der Waals surface area contributed by atoms with Crippen LogP contribution >= 0.6 is 11.3 Å². The first-order chi connectivity index (χ1) is 10.2. The summed E-state index contributed by atoms with van der Waals surface area (Å²) in [5.41, 5.74) is 3.04. The molecule has 1 aromatic carbocycles. The fraction of sp³-hybridized carbons (Fsp3) is 0.312. The van der Waals surface area contributed by atoms with Crippen LogP contribution in [0.5, 0.6) is 5.75 Å². The Hall–Kier alpha value is -2.01. The Morgan fingerprint density at radius 2 is 1.86 bits per heavy atom. The number of anilines is 1. The van der Waals surface area contributed by atoms with Gasteiger partial charge in [-0.05, 0) is 48.9 Å². The summed E-state index contributed by atoms with van der Waals surface area (Å²) >= 11 is 1.72. The minimum Gasteiger partial charge on any atom is -0.508 e. The van der Waals surface area contributed by atoms with Gasteiger partial charge in [-0.1, -0.05) is 12.1 Å². The molecular weight excluding hydrogens is 284 g/mol. The highest BCUT2D eigenvalue weighted by Crippen LogP contribution is 2.41. The topological polar surface area (TPSA) is 61.4 Å². The van der Waals surface area contributed by atoms with E-state index >= 15 is 0 Å². The van der Waals surface area contributed by atoms with Crippen LogP contribution in [0.3, 0.4) is 0 Å². The SMILES string of the molecule is O=C1N[C@@H](c2ccc(O)cc2)Nc2sc3c(c21)CCCC3. The number of hydrogen-bond acceptors (Lipinski definition) is 4. The van der Waals surface area contributed by atoms with Gasteiger partial charge in [0.15, 0.2) is 0 Å². The quantitative estimate of drug-likeness (QED) is 0.758. The number of benzene rings is 1. The standard InChI is InChI=1S/C16H16N2O2S/c19-10-7-5-9(6-8-10)14-17-15(20)13-11-3-1-2-4-12(11)21-16(13)18-14/h5-8,14,18-19H,1-4H2,(H,17,20)/t14-/m1/s1. The van der Waals surface area contributed by atoms with Crippen LogP contribution in [0.1, 0.15) is 45.4 Å². The highest BCUT2D eigenvalue weighted by molar-refractivity contribution is 7.16. The second-order valence-electron chi connectivity index (χ2n) is 5.56. The Kier molecular flexibility index (Phi) is 2.89. The minimum atomic E-state index is -0.231. The van der Waals surface area contributed by atoms with Crippen molar-refractivity contribution in [3.8, 4) is 5.75 Å². The van der Waals surface area contributed by atoms with Gasteiger partial charge in [-0.3, -0.25) is 4.79 Å². The zero-order chi connectivity index (χ0) is 14.4. The number of phenolic OH excluding ortho intramolecular Hbond substituents is 1. The van der Waals surface area contributed by atoms with Crippen LogP contribution in [0.15, 0.2) is 24.3 Å². The van der Waals surface area contributed by atoms with Gasteiger partial charge in [0, 0.05) is 4.88 Å². The van der Waals surface area contributed by atoms with E-state index in [9.17, 15) is 9.90 Å². The third-order valence-corrected chi connectivity index (χ3v) is 5.40. The molecule has 2 aromatic rings. The van der Waals surface area contributed by atoms with Crippen LogP contribution in [0.2, 0.25) is 0 Å². The average molecular weight is 300 g/mol. The molecule has 0 saturated heterocycles. The molecule has 0 saturated carbocycles. The van der Waals surface area contributed by atoms with Gasteiger partial charge in [-0.15, -0.1) is 11.3 Å². The fourth-order valence-electron chi connectivity index (χ4n) is 3.11. The Bertz CT molecular complexity index is 706. The van der Waals surface area contributed by atoms with E-state index in [1.54, 1.807) is 23.5 Å². The van der Waals surface area contributed by atoms with E-state index in [0.29, 0.717) is 0 Å². The van der Waals surface area contributed by atoms with Crippen LogP contribution in [0.4, 0.5) is 5.00 Å². The third kappa shape index (κ3) is 2.08. The lowest BCUT2D eigenvalue weighted by Gasteiger charge is -2.26. The molecule has 1 aliphatic carbocycles. The smallest absolute Gasteiger partial charge is 0.256 e. The van der Waals surface area contributed by atoms with E-state index < -0.39 is 0 Å². The maximum atomic E-state index is 12.5. The van der Waals surface area contributed by atoms with Crippen molar-refractivity contribution in [1.29, 1.82) is 0 Å². The molecule has 0 unspecified atom stereocenters. The van der Waals surface area contributed by atoms with Gasteiger partial charge in [0.25, 0.3) is 5.91 Å². The van der Waals surface area contributed by atoms with Crippen LogP contribution in [-0.2, 0) is 12.8 Å². The Morgan fingerprint density at radius 3 is 2.67 bits per heavy atom. The van der Waals surface area contributed by atoms with Crippen molar-refractivity contribution in [1.82, 2.24) is 5.32 Å². The van der Waals surface area contributed by atoms with Gasteiger partial charge in [0.2, 0.25) is 0 Å². The third-order valence-electron chi connectivity index (χ3n) is 4.18. The Morgan fingerprint density at radius 1 is 1.10 bits per heavy atom. The molecular formula is C16H16N2O2S. The summed E-state index contributed by atoms with van der Waals surface area (Å²) in [6.07, 6.45) is 4.26. The van der Waals surface area contributed by atoms with E-state index in [1.165, 1.54) is 23.3 Å². The van der Waals surface area contributed by atoms with Crippen molar-refractivity contribution in [2.75, 3.05) is 5.32 Å². The number of aryl methyl sites for hydroxylation is 1. The first-order valence-corrected chi connectivity index (χ1v) is 8.05. The van der Waals surface area contributed by atoms with E-state index in [1.807, 2.05) is 12.1 Å². The largest absolute Gasteiger partial charge is 0.508 e. The molecule has 2 heterocycles. The number of thiophene rings is 1. The Labute approximate surface area is 126 Å². The molecule has 0 spiro atoms. The molecule has 4 rings (SSSR count). The van der Waals surface area contributed by atoms with E-state index in [-0.39, 0.29) is 17.8 Å². The zero-order valence-electron chi connectivity index (χ0n) is 11.5. The van der Waals surface area contributed by atoms with E-state index in [4.69, 9.17) is 0 Å². The van der Waals surface area contributed by atoms with Crippen molar-refractivity contribution in [2.24, 2.45) is 0 Å². The number of hydrogen-bond donors (Lipinski definition) is 3. The molecule has 21 heavy (non-hydrogen) atoms. The zero-order valence-corrected chi connectivity index (χ0v) is 12.3. The summed E-state index contributed by atoms with van der Waals surface area (Å²) in [4.78, 5) is 13.8. The second-order valence-corrected chi connectivity index (χ2v) is 6.66. The monoisotopic (exact) mass is 300 g/mol. The predicted octanol–water partition coefficient (Wildman–Crippen LogP) is 3.19. The van der Waals surface area contributed by atoms with Crippen LogP contribution in [-0.4, -0.2) is 11.0 Å². The van der Waals surface area contributed by atoms with Crippen molar-refractivity contribution in [2.45, 2.75) is 31.8 Å². The maximum absolute atomic E-state index is 12.5. The predicted molar refractivity (Wildman–Crippen MR) is 82.9 cm³/mol. The lowest BCUT2D eigenvalue weighted by Crippen LogP contribution is -2.38. The summed E-state index contributed by atoms with van der Waals surface area (Å²) in [5.74, 6) is 0.245. The van der Waals surface area contributed by atoms with Crippen LogP contribution in [0, 0.1) is 0 Å². The van der Waals surface area contributed by atoms with Gasteiger partial charge < -0.3 is 15.7 Å². The van der Waals surface area contributed by atoms with Gasteiger partial charge in [0.05, 0.1) is 5.56 Å². The van der Waals surface area contributed by atoms with Crippen LogP contribution in [0.25, 0.3) is 0 Å². The highest BCUT2D eigenvalue weighted by atomic mass is 32.1. The summed E-state index contributed by atoms with van der Waals surface area (Å²) < 4.78 is 0. The molecule has 3 N–H and O–H groups in total. The lowest BCUT2D eigenvalue weighted by atomic mass is 9.94. The molecule has 4 nitrogen and oxygen atoms in total. The van der Waals surface area contributed by atoms with Gasteiger partial charge in [0.1, 0.15) is 16.9 Å². The molecule has 108 valence electrons. The second kappa shape index (κ2) is 4.77. The summed E-state index contributed by atoms with van der Waals surface area (Å²) in [6.45, 7) is 0. The molecule has 1 amide bonds. The highest BCUT2D eigenvalue weighted by Gasteiger charge is 2.31. The van der Waals surface area contributed by atoms with Crippen LogP contribution < -0.4 is 10.6 Å². The first kappa shape index (κ1) is 12.7. The molecule has 1 atom stereocenters. The van der Waals surface area contributed by atoms with Crippen molar-refractivity contribution in [3.63, 3.8) is 0 Å². The molecule has 0 radical (unpaired) electrons. The molecule has 0 bridgehead atoms. The molecule has 1 aromatic heterocycles. The molecule has 0 fully saturated rings.